The number of dihydropyridines is 1. The predicted octanol–water partition coefficient (Wildman–Crippen LogP) is 1.62. The monoisotopic (exact) mass is 374 g/mol. The molecule has 1 aliphatic carbocycles. The normalized spacial score (nSPS) is 24.2. The second-order valence-electron chi connectivity index (χ2n) is 6.79. The van der Waals surface area contributed by atoms with E-state index in [1.54, 1.807) is 12.1 Å². The van der Waals surface area contributed by atoms with Gasteiger partial charge in [-0.2, -0.15) is 0 Å². The summed E-state index contributed by atoms with van der Waals surface area (Å²) in [6.07, 6.45) is 9.61. The predicted molar refractivity (Wildman–Crippen MR) is 101 cm³/mol. The molecule has 1 saturated carbocycles. The highest BCUT2D eigenvalue weighted by molar-refractivity contribution is 7.90. The number of sulfone groups is 1. The molecule has 1 fully saturated rings. The molecule has 0 aromatic heterocycles. The maximum atomic E-state index is 11.7. The Balaban J connectivity index is 1.61. The van der Waals surface area contributed by atoms with Gasteiger partial charge in [-0.3, -0.25) is 0 Å². The average molecular weight is 374 g/mol. The molecule has 1 aromatic carbocycles. The zero-order valence-corrected chi connectivity index (χ0v) is 15.5. The number of hydrogen-bond donors (Lipinski definition) is 3. The summed E-state index contributed by atoms with van der Waals surface area (Å²) in [5.74, 6) is 1.38. The van der Waals surface area contributed by atoms with Gasteiger partial charge in [-0.15, -0.1) is 0 Å². The van der Waals surface area contributed by atoms with E-state index in [1.165, 1.54) is 32.3 Å². The molecule has 0 amide bonds. The second kappa shape index (κ2) is 6.35. The summed E-state index contributed by atoms with van der Waals surface area (Å²) in [4.78, 5) is 4.93. The summed E-state index contributed by atoms with van der Waals surface area (Å²) in [5, 5.41) is 10.1. The van der Waals surface area contributed by atoms with Crippen molar-refractivity contribution in [3.8, 4) is 5.75 Å². The van der Waals surface area contributed by atoms with Crippen molar-refractivity contribution in [3.63, 3.8) is 0 Å². The van der Waals surface area contributed by atoms with Crippen LogP contribution in [0.5, 0.6) is 5.75 Å². The SMILES string of the molecule is COc1cc(S(C)(=O)=O)ccc1NC1=NC2NC=CC2C(NC2CC2)=C1. The molecular formula is C18H22N4O3S. The molecule has 2 unspecified atom stereocenters. The zero-order valence-electron chi connectivity index (χ0n) is 14.7. The molecule has 7 nitrogen and oxygen atoms in total. The molecule has 2 aliphatic heterocycles. The van der Waals surface area contributed by atoms with Crippen molar-refractivity contribution in [3.05, 3.63) is 42.2 Å². The zero-order chi connectivity index (χ0) is 18.3. The second-order valence-corrected chi connectivity index (χ2v) is 8.80. The molecule has 3 aliphatic rings. The summed E-state index contributed by atoms with van der Waals surface area (Å²) in [6, 6.07) is 5.34. The van der Waals surface area contributed by atoms with E-state index >= 15 is 0 Å². The quantitative estimate of drug-likeness (QED) is 0.725. The van der Waals surface area contributed by atoms with Crippen LogP contribution in [-0.4, -0.2) is 39.8 Å². The Morgan fingerprint density at radius 3 is 2.81 bits per heavy atom. The van der Waals surface area contributed by atoms with Crippen LogP contribution in [0.1, 0.15) is 12.8 Å². The number of rotatable bonds is 5. The summed E-state index contributed by atoms with van der Waals surface area (Å²) < 4.78 is 28.9. The van der Waals surface area contributed by atoms with Gasteiger partial charge in [-0.1, -0.05) is 6.08 Å². The summed E-state index contributed by atoms with van der Waals surface area (Å²) in [6.45, 7) is 0. The summed E-state index contributed by atoms with van der Waals surface area (Å²) in [7, 11) is -1.77. The number of ether oxygens (including phenoxy) is 1. The van der Waals surface area contributed by atoms with Gasteiger partial charge in [0.05, 0.1) is 23.6 Å². The number of benzene rings is 1. The molecule has 138 valence electrons. The third-order valence-electron chi connectivity index (χ3n) is 4.65. The van der Waals surface area contributed by atoms with Crippen LogP contribution in [0.25, 0.3) is 0 Å². The number of nitrogens with one attached hydrogen (secondary N) is 3. The molecule has 0 spiro atoms. The van der Waals surface area contributed by atoms with Gasteiger partial charge in [0, 0.05) is 30.1 Å². The van der Waals surface area contributed by atoms with Crippen molar-refractivity contribution >= 4 is 21.4 Å². The van der Waals surface area contributed by atoms with Gasteiger partial charge in [0.25, 0.3) is 0 Å². The van der Waals surface area contributed by atoms with E-state index in [0.717, 1.165) is 5.70 Å². The van der Waals surface area contributed by atoms with Crippen molar-refractivity contribution in [1.82, 2.24) is 10.6 Å². The molecule has 1 aromatic rings. The highest BCUT2D eigenvalue weighted by Gasteiger charge is 2.33. The molecule has 2 atom stereocenters. The van der Waals surface area contributed by atoms with Crippen molar-refractivity contribution in [2.24, 2.45) is 10.9 Å². The standard InChI is InChI=1S/C18H22N4O3S/c1-25-16-9-12(26(2,23)24)5-6-14(16)21-17-10-15(20-11-3-4-11)13-7-8-19-18(13)22-17/h5-11,13,18-20H,3-4H2,1-2H3,(H,21,22). The fraction of sp³-hybridized carbons (Fsp3) is 0.389. The van der Waals surface area contributed by atoms with Crippen LogP contribution >= 0.6 is 0 Å². The lowest BCUT2D eigenvalue weighted by atomic mass is 10.0. The van der Waals surface area contributed by atoms with Gasteiger partial charge in [0.15, 0.2) is 9.84 Å². The van der Waals surface area contributed by atoms with E-state index in [9.17, 15) is 8.42 Å². The Morgan fingerprint density at radius 2 is 2.12 bits per heavy atom. The maximum absolute atomic E-state index is 11.7. The van der Waals surface area contributed by atoms with Crippen LogP contribution in [0.3, 0.4) is 0 Å². The number of anilines is 1. The first-order valence-corrected chi connectivity index (χ1v) is 10.5. The number of amidine groups is 1. The van der Waals surface area contributed by atoms with Crippen LogP contribution in [0, 0.1) is 5.92 Å². The molecule has 3 N–H and O–H groups in total. The number of hydrogen-bond acceptors (Lipinski definition) is 7. The highest BCUT2D eigenvalue weighted by Crippen LogP contribution is 2.31. The smallest absolute Gasteiger partial charge is 0.175 e. The van der Waals surface area contributed by atoms with Gasteiger partial charge in [0.2, 0.25) is 0 Å². The van der Waals surface area contributed by atoms with Crippen LogP contribution in [-0.2, 0) is 9.84 Å². The van der Waals surface area contributed by atoms with Crippen molar-refractivity contribution < 1.29 is 13.2 Å². The van der Waals surface area contributed by atoms with Crippen molar-refractivity contribution in [2.75, 3.05) is 18.7 Å². The van der Waals surface area contributed by atoms with E-state index in [1.807, 2.05) is 12.3 Å². The van der Waals surface area contributed by atoms with Crippen LogP contribution < -0.4 is 20.7 Å². The van der Waals surface area contributed by atoms with E-state index in [-0.39, 0.29) is 17.0 Å². The lowest BCUT2D eigenvalue weighted by molar-refractivity contribution is 0.415. The van der Waals surface area contributed by atoms with Gasteiger partial charge < -0.3 is 20.7 Å². The third kappa shape index (κ3) is 3.41. The Morgan fingerprint density at radius 1 is 1.31 bits per heavy atom. The lowest BCUT2D eigenvalue weighted by Gasteiger charge is -2.26. The van der Waals surface area contributed by atoms with Crippen LogP contribution in [0.2, 0.25) is 0 Å². The minimum atomic E-state index is -3.29. The Labute approximate surface area is 153 Å². The van der Waals surface area contributed by atoms with E-state index in [4.69, 9.17) is 9.73 Å². The number of nitrogens with zero attached hydrogens (tertiary/aromatic N) is 1. The fourth-order valence-electron chi connectivity index (χ4n) is 3.10. The van der Waals surface area contributed by atoms with Crippen LogP contribution in [0.4, 0.5) is 5.69 Å². The Kier molecular flexibility index (Phi) is 4.14. The molecule has 0 bridgehead atoms. The minimum absolute atomic E-state index is 0.0370. The first-order chi connectivity index (χ1) is 12.4. The first kappa shape index (κ1) is 17.0. The van der Waals surface area contributed by atoms with Crippen molar-refractivity contribution in [1.29, 1.82) is 0 Å². The number of fused-ring (bicyclic) bond motifs is 1. The van der Waals surface area contributed by atoms with Gasteiger partial charge in [-0.05, 0) is 31.2 Å². The first-order valence-electron chi connectivity index (χ1n) is 8.58. The van der Waals surface area contributed by atoms with Gasteiger partial charge >= 0.3 is 0 Å². The average Bonchev–Trinajstić information content (AvgIpc) is 3.28. The topological polar surface area (TPSA) is 91.8 Å². The molecule has 2 heterocycles. The third-order valence-corrected chi connectivity index (χ3v) is 5.76. The summed E-state index contributed by atoms with van der Waals surface area (Å²) in [5.41, 5.74) is 1.81. The largest absolute Gasteiger partial charge is 0.495 e. The Hall–Kier alpha value is -2.48. The lowest BCUT2D eigenvalue weighted by Crippen LogP contribution is -2.37. The maximum Gasteiger partial charge on any atom is 0.175 e. The number of methoxy groups -OCH3 is 1. The molecule has 0 radical (unpaired) electrons. The molecule has 0 saturated heterocycles. The molecule has 8 heteroatoms. The Bertz CT molecular complexity index is 916. The molecular weight excluding hydrogens is 352 g/mol. The highest BCUT2D eigenvalue weighted by atomic mass is 32.2. The minimum Gasteiger partial charge on any atom is -0.495 e. The summed E-state index contributed by atoms with van der Waals surface area (Å²) >= 11 is 0. The van der Waals surface area contributed by atoms with Crippen molar-refractivity contribution in [2.45, 2.75) is 29.9 Å². The number of aliphatic imine (C=N–C) groups is 1. The van der Waals surface area contributed by atoms with E-state index in [2.05, 4.69) is 22.0 Å². The molecule has 4 rings (SSSR count). The van der Waals surface area contributed by atoms with Gasteiger partial charge in [0.1, 0.15) is 17.8 Å². The van der Waals surface area contributed by atoms with E-state index in [0.29, 0.717) is 23.3 Å². The van der Waals surface area contributed by atoms with E-state index < -0.39 is 9.84 Å². The van der Waals surface area contributed by atoms with Crippen LogP contribution in [0.15, 0.2) is 52.1 Å². The fourth-order valence-corrected chi connectivity index (χ4v) is 3.74. The van der Waals surface area contributed by atoms with Gasteiger partial charge in [-0.25, -0.2) is 13.4 Å². The molecule has 26 heavy (non-hydrogen) atoms.